The Morgan fingerprint density at radius 3 is 2.22 bits per heavy atom. The quantitative estimate of drug-likeness (QED) is 0.144. The lowest BCUT2D eigenvalue weighted by atomic mass is 9.92. The van der Waals surface area contributed by atoms with Crippen molar-refractivity contribution in [2.45, 2.75) is 37.8 Å². The maximum atomic E-state index is 13.1. The number of benzene rings is 2. The van der Waals surface area contributed by atoms with E-state index >= 15 is 0 Å². The van der Waals surface area contributed by atoms with Gasteiger partial charge >= 0.3 is 12.4 Å². The third-order valence-corrected chi connectivity index (χ3v) is 5.22. The van der Waals surface area contributed by atoms with Crippen molar-refractivity contribution in [1.29, 1.82) is 0 Å². The molecule has 0 aromatic heterocycles. The Morgan fingerprint density at radius 1 is 1.08 bits per heavy atom. The van der Waals surface area contributed by atoms with Gasteiger partial charge in [-0.1, -0.05) is 23.7 Å². The summed E-state index contributed by atoms with van der Waals surface area (Å²) in [6.45, 7) is 1.13. The van der Waals surface area contributed by atoms with Crippen molar-refractivity contribution in [3.8, 4) is 0 Å². The predicted octanol–water partition coefficient (Wildman–Crippen LogP) is 4.04. The minimum atomic E-state index is -4.94. The summed E-state index contributed by atoms with van der Waals surface area (Å²) in [7, 11) is 0. The Balaban J connectivity index is 2.20. The van der Waals surface area contributed by atoms with Crippen LogP contribution in [0.15, 0.2) is 53.5 Å². The first-order valence-corrected chi connectivity index (χ1v) is 10.9. The zero-order chi connectivity index (χ0) is 28.0. The first-order valence-electron chi connectivity index (χ1n) is 10.6. The van der Waals surface area contributed by atoms with E-state index in [0.717, 1.165) is 12.1 Å². The van der Waals surface area contributed by atoms with Crippen LogP contribution in [0.4, 0.5) is 26.3 Å². The van der Waals surface area contributed by atoms with Crippen molar-refractivity contribution >= 4 is 29.8 Å². The van der Waals surface area contributed by atoms with E-state index in [9.17, 15) is 41.0 Å². The van der Waals surface area contributed by atoms with Gasteiger partial charge in [-0.15, -0.1) is 0 Å². The van der Waals surface area contributed by atoms with Crippen molar-refractivity contribution in [3.05, 3.63) is 70.2 Å². The van der Waals surface area contributed by atoms with Gasteiger partial charge in [0.25, 0.3) is 0 Å². The number of rotatable bonds is 9. The molecule has 0 aliphatic carbocycles. The van der Waals surface area contributed by atoms with E-state index < -0.39 is 48.6 Å². The second kappa shape index (κ2) is 11.8. The number of amidine groups is 1. The molecule has 0 bridgehead atoms. The number of aliphatic hydroxyl groups is 1. The van der Waals surface area contributed by atoms with Gasteiger partial charge < -0.3 is 10.4 Å². The van der Waals surface area contributed by atoms with Crippen LogP contribution in [0.1, 0.15) is 30.5 Å². The number of aliphatic hydroxyl groups excluding tert-OH is 1. The minimum absolute atomic E-state index is 0.144. The smallest absolute Gasteiger partial charge is 0.382 e. The summed E-state index contributed by atoms with van der Waals surface area (Å²) in [5.41, 5.74) is 0.560. The number of nitrogens with one attached hydrogen (secondary N) is 2. The number of aliphatic imine (C=N–C) groups is 1. The SMILES string of the molecule is CC(C)(NC(=O)CN(C=O)NC(=NCC(O)C(F)(F)F)c1ccc(Cl)cc1)c1cccc(C(F)(F)F)c1. The summed E-state index contributed by atoms with van der Waals surface area (Å²) in [5.74, 6) is -1.08. The number of alkyl halides is 6. The van der Waals surface area contributed by atoms with Gasteiger partial charge in [0.15, 0.2) is 6.10 Å². The van der Waals surface area contributed by atoms with Crippen LogP contribution in [0.5, 0.6) is 0 Å². The number of nitrogens with zero attached hydrogens (tertiary/aromatic N) is 2. The molecule has 0 saturated carbocycles. The highest BCUT2D eigenvalue weighted by atomic mass is 35.5. The fourth-order valence-corrected chi connectivity index (χ4v) is 3.14. The van der Waals surface area contributed by atoms with E-state index in [1.165, 1.54) is 50.2 Å². The van der Waals surface area contributed by atoms with E-state index in [0.29, 0.717) is 10.0 Å². The molecule has 7 nitrogen and oxygen atoms in total. The Morgan fingerprint density at radius 2 is 1.68 bits per heavy atom. The molecule has 14 heteroatoms. The molecule has 2 amide bonds. The molecular formula is C23H23ClF6N4O3. The Labute approximate surface area is 213 Å². The number of carbonyl (C=O) groups is 2. The highest BCUT2D eigenvalue weighted by molar-refractivity contribution is 6.30. The molecule has 0 saturated heterocycles. The molecule has 0 fully saturated rings. The van der Waals surface area contributed by atoms with Gasteiger partial charge in [0.1, 0.15) is 12.4 Å². The third-order valence-electron chi connectivity index (χ3n) is 4.97. The van der Waals surface area contributed by atoms with Gasteiger partial charge in [-0.3, -0.25) is 20.0 Å². The van der Waals surface area contributed by atoms with Crippen LogP contribution >= 0.6 is 11.6 Å². The van der Waals surface area contributed by atoms with Gasteiger partial charge in [0, 0.05) is 10.6 Å². The molecule has 1 atom stereocenters. The van der Waals surface area contributed by atoms with E-state index in [4.69, 9.17) is 11.6 Å². The molecule has 2 rings (SSSR count). The van der Waals surface area contributed by atoms with Crippen molar-refractivity contribution in [2.24, 2.45) is 4.99 Å². The molecule has 1 unspecified atom stereocenters. The van der Waals surface area contributed by atoms with E-state index in [1.54, 1.807) is 0 Å². The maximum Gasteiger partial charge on any atom is 0.416 e. The van der Waals surface area contributed by atoms with Crippen LogP contribution in [0.2, 0.25) is 5.02 Å². The number of hydrogen-bond donors (Lipinski definition) is 3. The van der Waals surface area contributed by atoms with Gasteiger partial charge in [-0.2, -0.15) is 26.3 Å². The summed E-state index contributed by atoms with van der Waals surface area (Å²) in [6.07, 6.45) is -12.1. The second-order valence-corrected chi connectivity index (χ2v) is 8.79. The monoisotopic (exact) mass is 552 g/mol. The molecule has 2 aromatic rings. The first-order chi connectivity index (χ1) is 17.0. The Bertz CT molecular complexity index is 1120. The Hall–Kier alpha value is -3.32. The number of hydrogen-bond acceptors (Lipinski definition) is 4. The summed E-state index contributed by atoms with van der Waals surface area (Å²) >= 11 is 5.82. The molecule has 0 spiro atoms. The number of carbonyl (C=O) groups excluding carboxylic acids is 2. The van der Waals surface area contributed by atoms with E-state index in [-0.39, 0.29) is 23.4 Å². The minimum Gasteiger partial charge on any atom is -0.382 e. The van der Waals surface area contributed by atoms with Crippen LogP contribution < -0.4 is 10.7 Å². The molecule has 2 aromatic carbocycles. The second-order valence-electron chi connectivity index (χ2n) is 8.35. The highest BCUT2D eigenvalue weighted by Crippen LogP contribution is 2.32. The predicted molar refractivity (Wildman–Crippen MR) is 123 cm³/mol. The van der Waals surface area contributed by atoms with Crippen molar-refractivity contribution < 1.29 is 41.0 Å². The van der Waals surface area contributed by atoms with Crippen LogP contribution in [-0.4, -0.2) is 53.6 Å². The van der Waals surface area contributed by atoms with Gasteiger partial charge in [0.05, 0.1) is 17.6 Å². The average Bonchev–Trinajstić information content (AvgIpc) is 2.80. The highest BCUT2D eigenvalue weighted by Gasteiger charge is 2.38. The summed E-state index contributed by atoms with van der Waals surface area (Å²) in [4.78, 5) is 27.9. The topological polar surface area (TPSA) is 94.0 Å². The lowest BCUT2D eigenvalue weighted by Crippen LogP contribution is -2.50. The normalized spacial score (nSPS) is 13.6. The molecule has 202 valence electrons. The molecule has 37 heavy (non-hydrogen) atoms. The molecular weight excluding hydrogens is 530 g/mol. The zero-order valence-corrected chi connectivity index (χ0v) is 20.2. The average molecular weight is 553 g/mol. The van der Waals surface area contributed by atoms with Crippen molar-refractivity contribution in [3.63, 3.8) is 0 Å². The fourth-order valence-electron chi connectivity index (χ4n) is 3.02. The molecule has 0 radical (unpaired) electrons. The molecule has 0 aliphatic rings. The summed E-state index contributed by atoms with van der Waals surface area (Å²) in [6, 6.07) is 9.92. The molecule has 3 N–H and O–H groups in total. The standard InChI is InChI=1S/C23H23ClF6N4O3/c1-21(2,15-4-3-5-16(10-15)22(25,26)27)32-19(37)12-34(13-35)33-20(14-6-8-17(24)9-7-14)31-11-18(36)23(28,29)30/h3-10,13,18,36H,11-12H2,1-2H3,(H,31,33)(H,32,37). The summed E-state index contributed by atoms with van der Waals surface area (Å²) in [5, 5.41) is 12.8. The summed E-state index contributed by atoms with van der Waals surface area (Å²) < 4.78 is 77.3. The Kier molecular flexibility index (Phi) is 9.55. The van der Waals surface area contributed by atoms with Crippen LogP contribution in [0.3, 0.4) is 0 Å². The van der Waals surface area contributed by atoms with Crippen LogP contribution in [0, 0.1) is 0 Å². The fraction of sp³-hybridized carbons (Fsp3) is 0.348. The lowest BCUT2D eigenvalue weighted by molar-refractivity contribution is -0.199. The van der Waals surface area contributed by atoms with Gasteiger partial charge in [-0.05, 0) is 55.8 Å². The number of amides is 2. The van der Waals surface area contributed by atoms with E-state index in [2.05, 4.69) is 15.7 Å². The zero-order valence-electron chi connectivity index (χ0n) is 19.5. The third kappa shape index (κ3) is 8.93. The number of hydrazine groups is 1. The molecule has 0 aliphatic heterocycles. The van der Waals surface area contributed by atoms with Crippen molar-refractivity contribution in [1.82, 2.24) is 15.8 Å². The molecule has 0 heterocycles. The number of halogens is 7. The first kappa shape index (κ1) is 29.9. The lowest BCUT2D eigenvalue weighted by Gasteiger charge is -2.29. The van der Waals surface area contributed by atoms with Gasteiger partial charge in [0.2, 0.25) is 12.3 Å². The van der Waals surface area contributed by atoms with Crippen molar-refractivity contribution in [2.75, 3.05) is 13.1 Å². The van der Waals surface area contributed by atoms with Crippen LogP contribution in [0.25, 0.3) is 0 Å². The largest absolute Gasteiger partial charge is 0.416 e. The maximum absolute atomic E-state index is 13.1. The van der Waals surface area contributed by atoms with Crippen LogP contribution in [-0.2, 0) is 21.3 Å². The van der Waals surface area contributed by atoms with E-state index in [1.807, 2.05) is 0 Å². The van der Waals surface area contributed by atoms with Gasteiger partial charge in [-0.25, -0.2) is 5.01 Å².